The first-order valence-electron chi connectivity index (χ1n) is 4.21. The number of halogens is 1. The normalized spacial score (nSPS) is 19.2. The highest BCUT2D eigenvalue weighted by Crippen LogP contribution is 2.42. The quantitative estimate of drug-likeness (QED) is 0.823. The molecule has 1 fully saturated rings. The largest absolute Gasteiger partial charge is 0.388 e. The molecule has 0 bridgehead atoms. The molecule has 64 valence electrons. The summed E-state index contributed by atoms with van der Waals surface area (Å²) in [6.07, 6.45) is 2.07. The maximum Gasteiger partial charge on any atom is 0.0829 e. The van der Waals surface area contributed by atoms with Gasteiger partial charge in [0, 0.05) is 4.47 Å². The van der Waals surface area contributed by atoms with Crippen LogP contribution in [0.2, 0.25) is 0 Å². The highest BCUT2D eigenvalue weighted by Gasteiger charge is 2.31. The molecule has 2 heteroatoms. The number of aliphatic hydroxyl groups is 1. The smallest absolute Gasteiger partial charge is 0.0829 e. The molecule has 1 saturated carbocycles. The molecule has 1 aliphatic rings. The van der Waals surface area contributed by atoms with Gasteiger partial charge in [0.05, 0.1) is 6.10 Å². The summed E-state index contributed by atoms with van der Waals surface area (Å²) in [5.41, 5.74) is 1.03. The molecule has 1 nitrogen and oxygen atoms in total. The van der Waals surface area contributed by atoms with E-state index in [4.69, 9.17) is 0 Å². The first kappa shape index (κ1) is 8.27. The van der Waals surface area contributed by atoms with E-state index in [1.54, 1.807) is 0 Å². The Morgan fingerprint density at radius 3 is 2.58 bits per heavy atom. The molecular formula is C10H11BrO. The number of hydrogen-bond donors (Lipinski definition) is 1. The van der Waals surface area contributed by atoms with Crippen molar-refractivity contribution in [3.8, 4) is 0 Å². The number of benzene rings is 1. The van der Waals surface area contributed by atoms with Gasteiger partial charge in [-0.3, -0.25) is 0 Å². The van der Waals surface area contributed by atoms with Crippen LogP contribution in [-0.4, -0.2) is 5.11 Å². The zero-order valence-corrected chi connectivity index (χ0v) is 8.29. The Kier molecular flexibility index (Phi) is 2.20. The summed E-state index contributed by atoms with van der Waals surface area (Å²) in [6, 6.07) is 7.88. The molecule has 0 heterocycles. The van der Waals surface area contributed by atoms with Crippen molar-refractivity contribution >= 4 is 15.9 Å². The summed E-state index contributed by atoms with van der Waals surface area (Å²) in [4.78, 5) is 0. The van der Waals surface area contributed by atoms with E-state index in [2.05, 4.69) is 15.9 Å². The summed E-state index contributed by atoms with van der Waals surface area (Å²) in [5.74, 6) is 0.503. The van der Waals surface area contributed by atoms with Gasteiger partial charge in [0.25, 0.3) is 0 Å². The van der Waals surface area contributed by atoms with E-state index in [1.807, 2.05) is 24.3 Å². The van der Waals surface area contributed by atoms with Gasteiger partial charge in [-0.05, 0) is 30.4 Å². The third-order valence-electron chi connectivity index (χ3n) is 2.29. The molecule has 0 aliphatic heterocycles. The molecule has 0 saturated heterocycles. The number of aliphatic hydroxyl groups excluding tert-OH is 1. The van der Waals surface area contributed by atoms with Crippen molar-refractivity contribution in [2.45, 2.75) is 18.9 Å². The first-order valence-corrected chi connectivity index (χ1v) is 5.01. The molecule has 12 heavy (non-hydrogen) atoms. The van der Waals surface area contributed by atoms with Gasteiger partial charge in [-0.25, -0.2) is 0 Å². The van der Waals surface area contributed by atoms with Crippen LogP contribution in [-0.2, 0) is 0 Å². The lowest BCUT2D eigenvalue weighted by Crippen LogP contribution is -1.99. The predicted molar refractivity (Wildman–Crippen MR) is 51.8 cm³/mol. The Hall–Kier alpha value is -0.340. The summed E-state index contributed by atoms with van der Waals surface area (Å²) in [6.45, 7) is 0. The lowest BCUT2D eigenvalue weighted by Gasteiger charge is -2.10. The molecule has 1 aromatic carbocycles. The van der Waals surface area contributed by atoms with Gasteiger partial charge in [-0.15, -0.1) is 0 Å². The van der Waals surface area contributed by atoms with Crippen LogP contribution < -0.4 is 0 Å². The standard InChI is InChI=1S/C10H11BrO/c11-9-4-2-1-3-8(9)10(12)7-5-6-7/h1-4,7,10,12H,5-6H2. The van der Waals surface area contributed by atoms with E-state index in [0.717, 1.165) is 10.0 Å². The predicted octanol–water partition coefficient (Wildman–Crippen LogP) is 2.89. The molecule has 0 amide bonds. The SMILES string of the molecule is OC(c1ccccc1Br)C1CC1. The third kappa shape index (κ3) is 1.54. The van der Waals surface area contributed by atoms with Crippen molar-refractivity contribution < 1.29 is 5.11 Å². The van der Waals surface area contributed by atoms with Gasteiger partial charge < -0.3 is 5.11 Å². The van der Waals surface area contributed by atoms with Crippen LogP contribution in [0.1, 0.15) is 24.5 Å². The minimum absolute atomic E-state index is 0.263. The monoisotopic (exact) mass is 226 g/mol. The Bertz CT molecular complexity index is 281. The fraction of sp³-hybridized carbons (Fsp3) is 0.400. The molecule has 2 rings (SSSR count). The van der Waals surface area contributed by atoms with Gasteiger partial charge in [0.2, 0.25) is 0 Å². The summed E-state index contributed by atoms with van der Waals surface area (Å²) in [5, 5.41) is 9.81. The van der Waals surface area contributed by atoms with E-state index < -0.39 is 0 Å². The first-order chi connectivity index (χ1) is 5.79. The van der Waals surface area contributed by atoms with Crippen LogP contribution in [0.15, 0.2) is 28.7 Å². The minimum Gasteiger partial charge on any atom is -0.388 e. The summed E-state index contributed by atoms with van der Waals surface area (Å²) in [7, 11) is 0. The van der Waals surface area contributed by atoms with E-state index in [-0.39, 0.29) is 6.10 Å². The van der Waals surface area contributed by atoms with E-state index in [9.17, 15) is 5.11 Å². The van der Waals surface area contributed by atoms with Crippen LogP contribution in [0.5, 0.6) is 0 Å². The van der Waals surface area contributed by atoms with Gasteiger partial charge >= 0.3 is 0 Å². The summed E-state index contributed by atoms with van der Waals surface area (Å²) < 4.78 is 1.02. The van der Waals surface area contributed by atoms with Gasteiger partial charge in [0.15, 0.2) is 0 Å². The molecule has 1 unspecified atom stereocenters. The second-order valence-electron chi connectivity index (χ2n) is 3.30. The van der Waals surface area contributed by atoms with Crippen molar-refractivity contribution in [2.75, 3.05) is 0 Å². The maximum atomic E-state index is 9.81. The van der Waals surface area contributed by atoms with Crippen LogP contribution in [0.25, 0.3) is 0 Å². The number of hydrogen-bond acceptors (Lipinski definition) is 1. The Balaban J connectivity index is 2.25. The molecule has 0 radical (unpaired) electrons. The third-order valence-corrected chi connectivity index (χ3v) is 3.01. The van der Waals surface area contributed by atoms with Crippen molar-refractivity contribution in [1.82, 2.24) is 0 Å². The molecule has 0 spiro atoms. The van der Waals surface area contributed by atoms with Gasteiger partial charge in [0.1, 0.15) is 0 Å². The zero-order chi connectivity index (χ0) is 8.55. The maximum absolute atomic E-state index is 9.81. The van der Waals surface area contributed by atoms with Crippen molar-refractivity contribution in [2.24, 2.45) is 5.92 Å². The highest BCUT2D eigenvalue weighted by molar-refractivity contribution is 9.10. The lowest BCUT2D eigenvalue weighted by molar-refractivity contribution is 0.153. The fourth-order valence-corrected chi connectivity index (χ4v) is 1.90. The Morgan fingerprint density at radius 2 is 2.00 bits per heavy atom. The van der Waals surface area contributed by atoms with Crippen LogP contribution >= 0.6 is 15.9 Å². The minimum atomic E-state index is -0.263. The molecule has 1 atom stereocenters. The second-order valence-corrected chi connectivity index (χ2v) is 4.16. The topological polar surface area (TPSA) is 20.2 Å². The fourth-order valence-electron chi connectivity index (χ4n) is 1.38. The lowest BCUT2D eigenvalue weighted by atomic mass is 10.1. The number of rotatable bonds is 2. The second kappa shape index (κ2) is 3.19. The van der Waals surface area contributed by atoms with Gasteiger partial charge in [-0.2, -0.15) is 0 Å². The van der Waals surface area contributed by atoms with Crippen molar-refractivity contribution in [3.05, 3.63) is 34.3 Å². The van der Waals surface area contributed by atoms with Gasteiger partial charge in [-0.1, -0.05) is 34.1 Å². The summed E-state index contributed by atoms with van der Waals surface area (Å²) >= 11 is 3.43. The Labute approximate surface area is 80.5 Å². The van der Waals surface area contributed by atoms with E-state index >= 15 is 0 Å². The van der Waals surface area contributed by atoms with Crippen LogP contribution in [0.4, 0.5) is 0 Å². The molecule has 1 N–H and O–H groups in total. The van der Waals surface area contributed by atoms with E-state index in [0.29, 0.717) is 5.92 Å². The van der Waals surface area contributed by atoms with Crippen LogP contribution in [0, 0.1) is 5.92 Å². The van der Waals surface area contributed by atoms with E-state index in [1.165, 1.54) is 12.8 Å². The van der Waals surface area contributed by atoms with Crippen molar-refractivity contribution in [3.63, 3.8) is 0 Å². The van der Waals surface area contributed by atoms with Crippen LogP contribution in [0.3, 0.4) is 0 Å². The average Bonchev–Trinajstić information content (AvgIpc) is 2.86. The molecule has 0 aromatic heterocycles. The molecule has 1 aromatic rings. The Morgan fingerprint density at radius 1 is 1.33 bits per heavy atom. The van der Waals surface area contributed by atoms with Crippen molar-refractivity contribution in [1.29, 1.82) is 0 Å². The zero-order valence-electron chi connectivity index (χ0n) is 6.70. The highest BCUT2D eigenvalue weighted by atomic mass is 79.9. The molecular weight excluding hydrogens is 216 g/mol. The average molecular weight is 227 g/mol. The molecule has 1 aliphatic carbocycles.